The molecular formula is C11H20N2O3. The van der Waals surface area contributed by atoms with E-state index in [0.717, 1.165) is 25.9 Å². The van der Waals surface area contributed by atoms with Gasteiger partial charge in [-0.3, -0.25) is 4.79 Å². The van der Waals surface area contributed by atoms with Gasteiger partial charge in [-0.2, -0.15) is 0 Å². The lowest BCUT2D eigenvalue weighted by Crippen LogP contribution is -2.44. The van der Waals surface area contributed by atoms with Crippen molar-refractivity contribution in [3.63, 3.8) is 0 Å². The summed E-state index contributed by atoms with van der Waals surface area (Å²) in [6, 6.07) is -0.733. The highest BCUT2D eigenvalue weighted by molar-refractivity contribution is 5.85. The Balaban J connectivity index is 2.45. The number of likely N-dealkylation sites (tertiary alicyclic amines) is 1. The van der Waals surface area contributed by atoms with E-state index in [4.69, 9.17) is 5.11 Å². The molecule has 0 aromatic carbocycles. The average molecular weight is 228 g/mol. The summed E-state index contributed by atoms with van der Waals surface area (Å²) in [5, 5.41) is 11.5. The zero-order valence-corrected chi connectivity index (χ0v) is 9.90. The molecule has 1 rings (SSSR count). The van der Waals surface area contributed by atoms with Crippen LogP contribution in [0.2, 0.25) is 0 Å². The topological polar surface area (TPSA) is 69.6 Å². The molecule has 1 amide bonds. The van der Waals surface area contributed by atoms with Gasteiger partial charge in [0.1, 0.15) is 6.04 Å². The van der Waals surface area contributed by atoms with E-state index in [-0.39, 0.29) is 11.8 Å². The van der Waals surface area contributed by atoms with Crippen molar-refractivity contribution in [2.24, 2.45) is 5.92 Å². The molecule has 1 heterocycles. The highest BCUT2D eigenvalue weighted by Crippen LogP contribution is 2.14. The third kappa shape index (κ3) is 3.48. The van der Waals surface area contributed by atoms with Crippen molar-refractivity contribution in [1.82, 2.24) is 10.2 Å². The fourth-order valence-corrected chi connectivity index (χ4v) is 1.98. The fraction of sp³-hybridized carbons (Fsp3) is 0.818. The third-order valence-corrected chi connectivity index (χ3v) is 2.95. The summed E-state index contributed by atoms with van der Waals surface area (Å²) in [6.07, 6.45) is 2.06. The summed E-state index contributed by atoms with van der Waals surface area (Å²) >= 11 is 0. The van der Waals surface area contributed by atoms with Crippen LogP contribution < -0.4 is 5.32 Å². The first kappa shape index (κ1) is 13.0. The number of hydrogen-bond donors (Lipinski definition) is 2. The maximum absolute atomic E-state index is 11.8. The number of amides is 1. The van der Waals surface area contributed by atoms with E-state index < -0.39 is 12.0 Å². The smallest absolute Gasteiger partial charge is 0.326 e. The SMILES string of the molecule is CCC[C@@H](NC(=O)C1CCN(C)C1)C(=O)O. The molecule has 0 bridgehead atoms. The molecule has 92 valence electrons. The van der Waals surface area contributed by atoms with E-state index in [9.17, 15) is 9.59 Å². The van der Waals surface area contributed by atoms with E-state index in [2.05, 4.69) is 10.2 Å². The van der Waals surface area contributed by atoms with Crippen LogP contribution in [-0.2, 0) is 9.59 Å². The molecule has 2 atom stereocenters. The average Bonchev–Trinajstić information content (AvgIpc) is 2.64. The molecule has 2 N–H and O–H groups in total. The molecule has 0 aromatic heterocycles. The molecule has 1 saturated heterocycles. The Morgan fingerprint density at radius 3 is 2.69 bits per heavy atom. The van der Waals surface area contributed by atoms with Crippen molar-refractivity contribution < 1.29 is 14.7 Å². The molecule has 1 fully saturated rings. The Hall–Kier alpha value is -1.10. The summed E-state index contributed by atoms with van der Waals surface area (Å²) < 4.78 is 0. The van der Waals surface area contributed by atoms with Gasteiger partial charge < -0.3 is 15.3 Å². The van der Waals surface area contributed by atoms with Crippen LogP contribution in [0.15, 0.2) is 0 Å². The Kier molecular flexibility index (Phi) is 4.73. The number of hydrogen-bond acceptors (Lipinski definition) is 3. The molecule has 1 unspecified atom stereocenters. The number of aliphatic carboxylic acids is 1. The lowest BCUT2D eigenvalue weighted by atomic mass is 10.1. The Morgan fingerprint density at radius 2 is 2.25 bits per heavy atom. The minimum atomic E-state index is -0.943. The van der Waals surface area contributed by atoms with Gasteiger partial charge in [0.15, 0.2) is 0 Å². The highest BCUT2D eigenvalue weighted by Gasteiger charge is 2.29. The summed E-state index contributed by atoms with van der Waals surface area (Å²) in [5.41, 5.74) is 0. The summed E-state index contributed by atoms with van der Waals surface area (Å²) in [5.74, 6) is -1.12. The monoisotopic (exact) mass is 228 g/mol. The maximum Gasteiger partial charge on any atom is 0.326 e. The van der Waals surface area contributed by atoms with Gasteiger partial charge in [0.05, 0.1) is 5.92 Å². The lowest BCUT2D eigenvalue weighted by molar-refractivity contribution is -0.142. The molecule has 0 radical (unpaired) electrons. The predicted molar refractivity (Wildman–Crippen MR) is 60.1 cm³/mol. The minimum Gasteiger partial charge on any atom is -0.480 e. The van der Waals surface area contributed by atoms with Crippen LogP contribution in [0.3, 0.4) is 0 Å². The van der Waals surface area contributed by atoms with Crippen LogP contribution >= 0.6 is 0 Å². The molecule has 5 heteroatoms. The maximum atomic E-state index is 11.8. The van der Waals surface area contributed by atoms with Gasteiger partial charge in [-0.15, -0.1) is 0 Å². The number of nitrogens with one attached hydrogen (secondary N) is 1. The van der Waals surface area contributed by atoms with E-state index in [1.165, 1.54) is 0 Å². The number of carboxylic acids is 1. The Labute approximate surface area is 95.8 Å². The van der Waals surface area contributed by atoms with Gasteiger partial charge >= 0.3 is 5.97 Å². The molecule has 0 aliphatic carbocycles. The summed E-state index contributed by atoms with van der Waals surface area (Å²) in [6.45, 7) is 3.54. The van der Waals surface area contributed by atoms with Crippen LogP contribution in [0.1, 0.15) is 26.2 Å². The number of nitrogens with zero attached hydrogens (tertiary/aromatic N) is 1. The van der Waals surface area contributed by atoms with E-state index in [1.54, 1.807) is 0 Å². The number of carbonyl (C=O) groups excluding carboxylic acids is 1. The van der Waals surface area contributed by atoms with Crippen LogP contribution in [0.25, 0.3) is 0 Å². The molecule has 1 aliphatic heterocycles. The van der Waals surface area contributed by atoms with Crippen LogP contribution in [0.4, 0.5) is 0 Å². The quantitative estimate of drug-likeness (QED) is 0.710. The molecule has 16 heavy (non-hydrogen) atoms. The molecule has 1 aliphatic rings. The number of carbonyl (C=O) groups is 2. The minimum absolute atomic E-state index is 0.0521. The zero-order valence-electron chi connectivity index (χ0n) is 9.90. The molecule has 0 saturated carbocycles. The van der Waals surface area contributed by atoms with Crippen molar-refractivity contribution in [1.29, 1.82) is 0 Å². The van der Waals surface area contributed by atoms with Crippen molar-refractivity contribution in [3.8, 4) is 0 Å². The van der Waals surface area contributed by atoms with Crippen molar-refractivity contribution in [2.75, 3.05) is 20.1 Å². The zero-order chi connectivity index (χ0) is 12.1. The largest absolute Gasteiger partial charge is 0.480 e. The van der Waals surface area contributed by atoms with Crippen molar-refractivity contribution in [3.05, 3.63) is 0 Å². The number of carboxylic acid groups (broad SMARTS) is 1. The van der Waals surface area contributed by atoms with E-state index >= 15 is 0 Å². The second-order valence-electron chi connectivity index (χ2n) is 4.44. The lowest BCUT2D eigenvalue weighted by Gasteiger charge is -2.16. The number of rotatable bonds is 5. The van der Waals surface area contributed by atoms with E-state index in [0.29, 0.717) is 6.42 Å². The van der Waals surface area contributed by atoms with Crippen LogP contribution in [0.5, 0.6) is 0 Å². The van der Waals surface area contributed by atoms with Crippen LogP contribution in [-0.4, -0.2) is 48.1 Å². The van der Waals surface area contributed by atoms with Gasteiger partial charge in [0, 0.05) is 6.54 Å². The van der Waals surface area contributed by atoms with Gasteiger partial charge in [0.2, 0.25) is 5.91 Å². The highest BCUT2D eigenvalue weighted by atomic mass is 16.4. The van der Waals surface area contributed by atoms with Crippen molar-refractivity contribution >= 4 is 11.9 Å². The molecular weight excluding hydrogens is 208 g/mol. The second kappa shape index (κ2) is 5.84. The van der Waals surface area contributed by atoms with E-state index in [1.807, 2.05) is 14.0 Å². The first-order valence-corrected chi connectivity index (χ1v) is 5.76. The molecule has 0 aromatic rings. The van der Waals surface area contributed by atoms with Gasteiger partial charge in [-0.25, -0.2) is 4.79 Å². The summed E-state index contributed by atoms with van der Waals surface area (Å²) in [7, 11) is 1.97. The normalized spacial score (nSPS) is 23.0. The standard InChI is InChI=1S/C11H20N2O3/c1-3-4-9(11(15)16)12-10(14)8-5-6-13(2)7-8/h8-9H,3-7H2,1-2H3,(H,12,14)(H,15,16)/t8?,9-/m1/s1. The second-order valence-corrected chi connectivity index (χ2v) is 4.44. The van der Waals surface area contributed by atoms with Gasteiger partial charge in [-0.05, 0) is 26.4 Å². The van der Waals surface area contributed by atoms with Gasteiger partial charge in [-0.1, -0.05) is 13.3 Å². The first-order chi connectivity index (χ1) is 7.54. The van der Waals surface area contributed by atoms with Crippen molar-refractivity contribution in [2.45, 2.75) is 32.2 Å². The molecule has 5 nitrogen and oxygen atoms in total. The summed E-state index contributed by atoms with van der Waals surface area (Å²) in [4.78, 5) is 24.7. The Bertz CT molecular complexity index is 268. The predicted octanol–water partition coefficient (Wildman–Crippen LogP) is 0.308. The molecule has 0 spiro atoms. The Morgan fingerprint density at radius 1 is 1.56 bits per heavy atom. The fourth-order valence-electron chi connectivity index (χ4n) is 1.98. The van der Waals surface area contributed by atoms with Gasteiger partial charge in [0.25, 0.3) is 0 Å². The third-order valence-electron chi connectivity index (χ3n) is 2.95. The van der Waals surface area contributed by atoms with Crippen LogP contribution in [0, 0.1) is 5.92 Å². The first-order valence-electron chi connectivity index (χ1n) is 5.76.